The molecular weight excluding hydrogens is 262 g/mol. The second kappa shape index (κ2) is 6.80. The van der Waals surface area contributed by atoms with E-state index in [-0.39, 0.29) is 11.6 Å². The zero-order valence-electron chi connectivity index (χ0n) is 13.8. The number of ether oxygens (including phenoxy) is 1. The third-order valence-electron chi connectivity index (χ3n) is 4.70. The van der Waals surface area contributed by atoms with Crippen molar-refractivity contribution in [2.45, 2.75) is 63.7 Å². The summed E-state index contributed by atoms with van der Waals surface area (Å²) in [5.41, 5.74) is 0.746. The molecule has 1 saturated carbocycles. The maximum atomic E-state index is 11.1. The molecule has 1 atom stereocenters. The normalized spacial score (nSPS) is 19.8. The smallest absolute Gasteiger partial charge is 0.125 e. The first-order valence-corrected chi connectivity index (χ1v) is 8.08. The fraction of sp³-hybridized carbons (Fsp3) is 0.667. The van der Waals surface area contributed by atoms with Crippen LogP contribution >= 0.6 is 0 Å². The van der Waals surface area contributed by atoms with Gasteiger partial charge in [0.25, 0.3) is 0 Å². The average Bonchev–Trinajstić information content (AvgIpc) is 2.47. The lowest BCUT2D eigenvalue weighted by atomic mass is 9.74. The third-order valence-corrected chi connectivity index (χ3v) is 4.70. The van der Waals surface area contributed by atoms with E-state index < -0.39 is 6.10 Å². The van der Waals surface area contributed by atoms with Crippen molar-refractivity contribution in [3.05, 3.63) is 29.8 Å². The Hall–Kier alpha value is -1.06. The molecule has 0 aromatic heterocycles. The van der Waals surface area contributed by atoms with Crippen LogP contribution in [0.1, 0.15) is 57.6 Å². The summed E-state index contributed by atoms with van der Waals surface area (Å²) in [6.45, 7) is 4.04. The average molecular weight is 291 g/mol. The zero-order valence-corrected chi connectivity index (χ0v) is 13.8. The Morgan fingerprint density at radius 1 is 1.10 bits per heavy atom. The van der Waals surface area contributed by atoms with Crippen LogP contribution in [0.2, 0.25) is 0 Å². The molecular formula is C18H29NO2. The number of likely N-dealkylation sites (N-methyl/N-ethyl adjacent to an activating group) is 1. The van der Waals surface area contributed by atoms with Gasteiger partial charge in [-0.25, -0.2) is 0 Å². The minimum Gasteiger partial charge on any atom is -0.491 e. The molecule has 0 amide bonds. The summed E-state index contributed by atoms with van der Waals surface area (Å²) in [6, 6.07) is 7.92. The second-order valence-corrected chi connectivity index (χ2v) is 6.67. The van der Waals surface area contributed by atoms with E-state index in [4.69, 9.17) is 4.74 Å². The van der Waals surface area contributed by atoms with E-state index in [1.54, 1.807) is 0 Å². The highest BCUT2D eigenvalue weighted by Crippen LogP contribution is 2.44. The van der Waals surface area contributed by atoms with Crippen LogP contribution in [0.15, 0.2) is 24.3 Å². The van der Waals surface area contributed by atoms with E-state index in [1.165, 1.54) is 19.3 Å². The first-order chi connectivity index (χ1) is 9.97. The van der Waals surface area contributed by atoms with E-state index >= 15 is 0 Å². The van der Waals surface area contributed by atoms with Gasteiger partial charge in [-0.1, -0.05) is 37.5 Å². The number of rotatable bonds is 5. The van der Waals surface area contributed by atoms with Gasteiger partial charge in [0.15, 0.2) is 0 Å². The maximum absolute atomic E-state index is 11.1. The van der Waals surface area contributed by atoms with E-state index in [1.807, 2.05) is 38.1 Å². The minimum absolute atomic E-state index is 0.111. The largest absolute Gasteiger partial charge is 0.491 e. The summed E-state index contributed by atoms with van der Waals surface area (Å²) >= 11 is 0. The van der Waals surface area contributed by atoms with Crippen molar-refractivity contribution in [3.63, 3.8) is 0 Å². The lowest BCUT2D eigenvalue weighted by Gasteiger charge is -2.46. The number of hydrogen-bond acceptors (Lipinski definition) is 3. The molecule has 2 rings (SSSR count). The van der Waals surface area contributed by atoms with Crippen LogP contribution in [0, 0.1) is 0 Å². The first kappa shape index (κ1) is 16.3. The number of nitrogens with zero attached hydrogens (tertiary/aromatic N) is 1. The lowest BCUT2D eigenvalue weighted by molar-refractivity contribution is -0.0350. The third kappa shape index (κ3) is 3.41. The Bertz CT molecular complexity index is 450. The van der Waals surface area contributed by atoms with Crippen molar-refractivity contribution in [2.75, 3.05) is 14.1 Å². The van der Waals surface area contributed by atoms with Gasteiger partial charge in [0.2, 0.25) is 0 Å². The van der Waals surface area contributed by atoms with Crippen molar-refractivity contribution in [2.24, 2.45) is 0 Å². The molecule has 1 aliphatic rings. The predicted molar refractivity (Wildman–Crippen MR) is 86.7 cm³/mol. The Kier molecular flexibility index (Phi) is 5.28. The number of aliphatic hydroxyl groups excluding tert-OH is 1. The molecule has 0 saturated heterocycles. The molecule has 1 aromatic carbocycles. The summed E-state index contributed by atoms with van der Waals surface area (Å²) in [7, 11) is 4.17. The number of hydrogen-bond donors (Lipinski definition) is 1. The highest BCUT2D eigenvalue weighted by Gasteiger charge is 2.42. The Balaban J connectivity index is 2.35. The van der Waals surface area contributed by atoms with Crippen LogP contribution < -0.4 is 4.74 Å². The van der Waals surface area contributed by atoms with Crippen molar-refractivity contribution in [1.82, 2.24) is 4.90 Å². The molecule has 1 fully saturated rings. The van der Waals surface area contributed by atoms with Gasteiger partial charge in [-0.05, 0) is 46.9 Å². The van der Waals surface area contributed by atoms with Gasteiger partial charge in [-0.2, -0.15) is 0 Å². The molecule has 0 bridgehead atoms. The van der Waals surface area contributed by atoms with Crippen LogP contribution in [0.4, 0.5) is 0 Å². The maximum Gasteiger partial charge on any atom is 0.125 e. The Morgan fingerprint density at radius 3 is 2.29 bits per heavy atom. The molecule has 21 heavy (non-hydrogen) atoms. The van der Waals surface area contributed by atoms with Gasteiger partial charge in [0.1, 0.15) is 11.9 Å². The van der Waals surface area contributed by atoms with Crippen molar-refractivity contribution in [1.29, 1.82) is 0 Å². The van der Waals surface area contributed by atoms with Crippen LogP contribution in [0.25, 0.3) is 0 Å². The summed E-state index contributed by atoms with van der Waals surface area (Å²) in [5, 5.41) is 11.1. The van der Waals surface area contributed by atoms with Crippen molar-refractivity contribution < 1.29 is 9.84 Å². The molecule has 0 aliphatic heterocycles. The summed E-state index contributed by atoms with van der Waals surface area (Å²) in [4.78, 5) is 2.21. The highest BCUT2D eigenvalue weighted by atomic mass is 16.5. The van der Waals surface area contributed by atoms with Crippen LogP contribution in [-0.4, -0.2) is 35.7 Å². The van der Waals surface area contributed by atoms with Crippen molar-refractivity contribution in [3.8, 4) is 5.75 Å². The zero-order chi connectivity index (χ0) is 15.5. The number of benzene rings is 1. The Labute approximate surface area is 128 Å². The standard InChI is InChI=1S/C18H29NO2/c1-14(2)21-16-11-7-6-10-15(16)17(20)18(19(3)4)12-8-5-9-13-18/h6-7,10-11,14,17,20H,5,8-9,12-13H2,1-4H3. The van der Waals surface area contributed by atoms with Crippen molar-refractivity contribution >= 4 is 0 Å². The van der Waals surface area contributed by atoms with E-state index in [0.717, 1.165) is 24.2 Å². The molecule has 1 unspecified atom stereocenters. The summed E-state index contributed by atoms with van der Waals surface area (Å²) in [6.07, 6.45) is 5.31. The molecule has 0 radical (unpaired) electrons. The van der Waals surface area contributed by atoms with E-state index in [9.17, 15) is 5.11 Å². The fourth-order valence-electron chi connectivity index (χ4n) is 3.49. The van der Waals surface area contributed by atoms with Gasteiger partial charge in [-0.15, -0.1) is 0 Å². The summed E-state index contributed by atoms with van der Waals surface area (Å²) < 4.78 is 5.90. The van der Waals surface area contributed by atoms with E-state index in [0.29, 0.717) is 0 Å². The molecule has 118 valence electrons. The van der Waals surface area contributed by atoms with E-state index in [2.05, 4.69) is 19.0 Å². The quantitative estimate of drug-likeness (QED) is 0.896. The SMILES string of the molecule is CC(C)Oc1ccccc1C(O)C1(N(C)C)CCCCC1. The van der Waals surface area contributed by atoms with Gasteiger partial charge in [0, 0.05) is 5.56 Å². The van der Waals surface area contributed by atoms with Crippen LogP contribution in [-0.2, 0) is 0 Å². The lowest BCUT2D eigenvalue weighted by Crippen LogP contribution is -2.50. The Morgan fingerprint density at radius 2 is 1.71 bits per heavy atom. The topological polar surface area (TPSA) is 32.7 Å². The van der Waals surface area contributed by atoms with Crippen LogP contribution in [0.5, 0.6) is 5.75 Å². The van der Waals surface area contributed by atoms with Gasteiger partial charge < -0.3 is 14.7 Å². The monoisotopic (exact) mass is 291 g/mol. The van der Waals surface area contributed by atoms with Gasteiger partial charge in [0.05, 0.1) is 11.6 Å². The first-order valence-electron chi connectivity index (χ1n) is 8.08. The number of aliphatic hydroxyl groups is 1. The molecule has 3 heteroatoms. The molecule has 1 N–H and O–H groups in total. The number of para-hydroxylation sites is 1. The molecule has 1 aromatic rings. The molecule has 0 spiro atoms. The van der Waals surface area contributed by atoms with Gasteiger partial charge >= 0.3 is 0 Å². The molecule has 3 nitrogen and oxygen atoms in total. The highest BCUT2D eigenvalue weighted by molar-refractivity contribution is 5.37. The summed E-state index contributed by atoms with van der Waals surface area (Å²) in [5.74, 6) is 0.812. The molecule has 1 aliphatic carbocycles. The van der Waals surface area contributed by atoms with Crippen LogP contribution in [0.3, 0.4) is 0 Å². The van der Waals surface area contributed by atoms with Gasteiger partial charge in [-0.3, -0.25) is 0 Å². The molecule has 0 heterocycles. The fourth-order valence-corrected chi connectivity index (χ4v) is 3.49. The predicted octanol–water partition coefficient (Wildman–Crippen LogP) is 3.77. The second-order valence-electron chi connectivity index (χ2n) is 6.67. The minimum atomic E-state index is -0.511.